The lowest BCUT2D eigenvalue weighted by Gasteiger charge is -2.16. The van der Waals surface area contributed by atoms with Crippen molar-refractivity contribution < 1.29 is 4.74 Å². The molecule has 0 aliphatic heterocycles. The zero-order chi connectivity index (χ0) is 18.4. The topological polar surface area (TPSA) is 9.23 Å². The van der Waals surface area contributed by atoms with Crippen molar-refractivity contribution in [2.75, 3.05) is 7.11 Å². The highest BCUT2D eigenvalue weighted by Crippen LogP contribution is 2.42. The van der Waals surface area contributed by atoms with Crippen molar-refractivity contribution in [2.45, 2.75) is 0 Å². The Labute approximate surface area is 171 Å². The minimum atomic E-state index is 0.879. The van der Waals surface area contributed by atoms with Crippen LogP contribution in [0.4, 0.5) is 0 Å². The summed E-state index contributed by atoms with van der Waals surface area (Å²) in [7, 11) is 1.70. The Hall–Kier alpha value is -2.59. The molecule has 0 aliphatic rings. The molecular formula is C25H17IO. The number of methoxy groups -OCH3 is 1. The third kappa shape index (κ3) is 2.59. The van der Waals surface area contributed by atoms with Crippen LogP contribution in [0.5, 0.6) is 5.75 Å². The molecule has 0 heterocycles. The van der Waals surface area contributed by atoms with Crippen LogP contribution in [0.3, 0.4) is 0 Å². The lowest BCUT2D eigenvalue weighted by Crippen LogP contribution is -1.91. The zero-order valence-electron chi connectivity index (χ0n) is 14.9. The van der Waals surface area contributed by atoms with E-state index in [4.69, 9.17) is 4.74 Å². The molecule has 5 aromatic carbocycles. The Morgan fingerprint density at radius 3 is 2.04 bits per heavy atom. The maximum Gasteiger partial charge on any atom is 0.118 e. The summed E-state index contributed by atoms with van der Waals surface area (Å²) < 4.78 is 6.63. The van der Waals surface area contributed by atoms with Gasteiger partial charge in [0.05, 0.1) is 7.11 Å². The zero-order valence-corrected chi connectivity index (χ0v) is 17.0. The highest BCUT2D eigenvalue weighted by atomic mass is 127. The van der Waals surface area contributed by atoms with E-state index >= 15 is 0 Å². The van der Waals surface area contributed by atoms with Crippen LogP contribution in [0, 0.1) is 3.57 Å². The first kappa shape index (κ1) is 16.6. The van der Waals surface area contributed by atoms with Crippen LogP contribution in [0.1, 0.15) is 0 Å². The summed E-state index contributed by atoms with van der Waals surface area (Å²) >= 11 is 2.51. The smallest absolute Gasteiger partial charge is 0.118 e. The van der Waals surface area contributed by atoms with E-state index in [1.54, 1.807) is 7.11 Å². The molecule has 0 saturated carbocycles. The van der Waals surface area contributed by atoms with Gasteiger partial charge >= 0.3 is 0 Å². The minimum Gasteiger partial charge on any atom is -0.497 e. The Kier molecular flexibility index (Phi) is 4.01. The number of halogens is 1. The van der Waals surface area contributed by atoms with Crippen molar-refractivity contribution in [2.24, 2.45) is 0 Å². The average molecular weight is 460 g/mol. The molecule has 0 amide bonds. The molecule has 0 aliphatic carbocycles. The molecule has 0 aromatic heterocycles. The van der Waals surface area contributed by atoms with Crippen molar-refractivity contribution in [3.05, 3.63) is 88.5 Å². The molecule has 130 valence electrons. The predicted octanol–water partition coefficient (Wildman–Crippen LogP) is 7.43. The highest BCUT2D eigenvalue weighted by molar-refractivity contribution is 14.1. The van der Waals surface area contributed by atoms with E-state index in [-0.39, 0.29) is 0 Å². The van der Waals surface area contributed by atoms with Crippen molar-refractivity contribution in [1.82, 2.24) is 0 Å². The van der Waals surface area contributed by atoms with E-state index < -0.39 is 0 Å². The third-order valence-electron chi connectivity index (χ3n) is 5.23. The fourth-order valence-electron chi connectivity index (χ4n) is 3.96. The van der Waals surface area contributed by atoms with E-state index in [1.807, 2.05) is 12.1 Å². The molecule has 0 radical (unpaired) electrons. The van der Waals surface area contributed by atoms with Gasteiger partial charge in [0.2, 0.25) is 0 Å². The van der Waals surface area contributed by atoms with Crippen LogP contribution in [-0.2, 0) is 0 Å². The molecule has 5 rings (SSSR count). The van der Waals surface area contributed by atoms with Gasteiger partial charge in [0.25, 0.3) is 0 Å². The van der Waals surface area contributed by atoms with Gasteiger partial charge in [-0.25, -0.2) is 0 Å². The van der Waals surface area contributed by atoms with Crippen molar-refractivity contribution in [3.63, 3.8) is 0 Å². The average Bonchev–Trinajstić information content (AvgIpc) is 2.74. The van der Waals surface area contributed by atoms with Gasteiger partial charge in [0.1, 0.15) is 5.75 Å². The van der Waals surface area contributed by atoms with Crippen molar-refractivity contribution in [3.8, 4) is 16.9 Å². The fourth-order valence-corrected chi connectivity index (χ4v) is 5.01. The Bertz CT molecular complexity index is 1300. The van der Waals surface area contributed by atoms with Crippen LogP contribution in [0.2, 0.25) is 0 Å². The second-order valence-electron chi connectivity index (χ2n) is 6.67. The van der Waals surface area contributed by atoms with Crippen molar-refractivity contribution in [1.29, 1.82) is 0 Å². The molecule has 0 atom stereocenters. The summed E-state index contributed by atoms with van der Waals surface area (Å²) in [5.41, 5.74) is 2.50. The number of benzene rings is 5. The van der Waals surface area contributed by atoms with Gasteiger partial charge in [-0.3, -0.25) is 0 Å². The molecular weight excluding hydrogens is 443 g/mol. The Morgan fingerprint density at radius 1 is 0.630 bits per heavy atom. The Balaban J connectivity index is 1.97. The first-order valence-corrected chi connectivity index (χ1v) is 10.0. The van der Waals surface area contributed by atoms with E-state index in [0.717, 1.165) is 5.75 Å². The number of fused-ring (bicyclic) bond motifs is 5. The quantitative estimate of drug-likeness (QED) is 0.197. The summed E-state index contributed by atoms with van der Waals surface area (Å²) in [5.74, 6) is 0.879. The largest absolute Gasteiger partial charge is 0.497 e. The summed E-state index contributed by atoms with van der Waals surface area (Å²) in [6.07, 6.45) is 0. The second-order valence-corrected chi connectivity index (χ2v) is 7.75. The molecule has 0 spiro atoms. The second kappa shape index (κ2) is 6.54. The van der Waals surface area contributed by atoms with Gasteiger partial charge in [-0.15, -0.1) is 0 Å². The van der Waals surface area contributed by atoms with Crippen LogP contribution in [0.15, 0.2) is 84.9 Å². The molecule has 0 N–H and O–H groups in total. The molecule has 1 nitrogen and oxygen atoms in total. The summed E-state index contributed by atoms with van der Waals surface area (Å²) in [4.78, 5) is 0. The minimum absolute atomic E-state index is 0.879. The van der Waals surface area contributed by atoms with Gasteiger partial charge in [-0.05, 0) is 72.6 Å². The molecule has 2 heteroatoms. The number of hydrogen-bond donors (Lipinski definition) is 0. The first-order chi connectivity index (χ1) is 13.3. The Morgan fingerprint density at radius 2 is 1.30 bits per heavy atom. The van der Waals surface area contributed by atoms with Crippen LogP contribution < -0.4 is 4.74 Å². The SMILES string of the molecule is COc1ccc(-c2c(I)c3ccc4ccccc4c3c3ccccc23)cc1. The van der Waals surface area contributed by atoms with Gasteiger partial charge in [0, 0.05) is 9.13 Å². The summed E-state index contributed by atoms with van der Waals surface area (Å²) in [6, 6.07) is 30.2. The number of hydrogen-bond acceptors (Lipinski definition) is 1. The fraction of sp³-hybridized carbons (Fsp3) is 0.0400. The molecule has 27 heavy (non-hydrogen) atoms. The lowest BCUT2D eigenvalue weighted by atomic mass is 9.91. The summed E-state index contributed by atoms with van der Waals surface area (Å²) in [6.45, 7) is 0. The van der Waals surface area contributed by atoms with E-state index in [9.17, 15) is 0 Å². The lowest BCUT2D eigenvalue weighted by molar-refractivity contribution is 0.415. The monoisotopic (exact) mass is 460 g/mol. The van der Waals surface area contributed by atoms with Gasteiger partial charge in [-0.1, -0.05) is 72.8 Å². The van der Waals surface area contributed by atoms with Crippen LogP contribution in [-0.4, -0.2) is 7.11 Å². The van der Waals surface area contributed by atoms with Gasteiger partial charge < -0.3 is 4.74 Å². The maximum atomic E-state index is 5.34. The summed E-state index contributed by atoms with van der Waals surface area (Å²) in [5, 5.41) is 7.82. The van der Waals surface area contributed by atoms with Gasteiger partial charge in [0.15, 0.2) is 0 Å². The highest BCUT2D eigenvalue weighted by Gasteiger charge is 2.15. The molecule has 0 fully saturated rings. The maximum absolute atomic E-state index is 5.34. The van der Waals surface area contributed by atoms with E-state index in [1.165, 1.54) is 47.0 Å². The standard InChI is InChI=1S/C25H17IO/c1-27-18-13-10-17(11-14-18)23-20-8-4-5-9-21(20)24-19-7-3-2-6-16(19)12-15-22(24)25(23)26/h2-15H,1H3. The van der Waals surface area contributed by atoms with E-state index in [2.05, 4.69) is 95.4 Å². The molecule has 0 bridgehead atoms. The van der Waals surface area contributed by atoms with Crippen LogP contribution >= 0.6 is 22.6 Å². The molecule has 0 saturated heterocycles. The number of rotatable bonds is 2. The molecule has 5 aromatic rings. The van der Waals surface area contributed by atoms with E-state index in [0.29, 0.717) is 0 Å². The van der Waals surface area contributed by atoms with Gasteiger partial charge in [-0.2, -0.15) is 0 Å². The first-order valence-electron chi connectivity index (χ1n) is 8.94. The predicted molar refractivity (Wildman–Crippen MR) is 124 cm³/mol. The normalized spacial score (nSPS) is 11.3. The molecule has 0 unspecified atom stereocenters. The van der Waals surface area contributed by atoms with Crippen LogP contribution in [0.25, 0.3) is 43.4 Å². The third-order valence-corrected chi connectivity index (χ3v) is 6.35. The van der Waals surface area contributed by atoms with Crippen molar-refractivity contribution >= 4 is 54.9 Å². The number of ether oxygens (including phenoxy) is 1.